The van der Waals surface area contributed by atoms with Crippen LogP contribution < -0.4 is 10.6 Å². The lowest BCUT2D eigenvalue weighted by Crippen LogP contribution is -2.32. The zero-order chi connectivity index (χ0) is 12.1. The maximum Gasteiger partial charge on any atom is 0.224 e. The molecule has 2 rings (SSSR count). The van der Waals surface area contributed by atoms with E-state index in [4.69, 9.17) is 0 Å². The largest absolute Gasteiger partial charge is 0.326 e. The van der Waals surface area contributed by atoms with Gasteiger partial charge in [0.1, 0.15) is 0 Å². The number of rotatable bonds is 3. The highest BCUT2D eigenvalue weighted by molar-refractivity contribution is 5.90. The van der Waals surface area contributed by atoms with Gasteiger partial charge in [-0.15, -0.1) is 0 Å². The molecule has 1 saturated heterocycles. The van der Waals surface area contributed by atoms with Crippen molar-refractivity contribution in [2.75, 3.05) is 18.4 Å². The van der Waals surface area contributed by atoms with Crippen LogP contribution >= 0.6 is 0 Å². The van der Waals surface area contributed by atoms with Crippen molar-refractivity contribution >= 4 is 11.6 Å². The van der Waals surface area contributed by atoms with E-state index in [2.05, 4.69) is 15.6 Å². The summed E-state index contributed by atoms with van der Waals surface area (Å²) in [6.45, 7) is 3.96. The van der Waals surface area contributed by atoms with Crippen molar-refractivity contribution < 1.29 is 4.79 Å². The maximum absolute atomic E-state index is 11.8. The van der Waals surface area contributed by atoms with Crippen molar-refractivity contribution in [2.24, 2.45) is 5.92 Å². The Morgan fingerprint density at radius 2 is 2.53 bits per heavy atom. The van der Waals surface area contributed by atoms with E-state index >= 15 is 0 Å². The second-order valence-electron chi connectivity index (χ2n) is 4.65. The third kappa shape index (κ3) is 3.82. The first-order valence-electron chi connectivity index (χ1n) is 6.17. The molecule has 0 aromatic carbocycles. The van der Waals surface area contributed by atoms with Gasteiger partial charge in [0.2, 0.25) is 5.91 Å². The zero-order valence-corrected chi connectivity index (χ0v) is 10.2. The predicted molar refractivity (Wildman–Crippen MR) is 67.8 cm³/mol. The van der Waals surface area contributed by atoms with Gasteiger partial charge in [-0.3, -0.25) is 9.78 Å². The van der Waals surface area contributed by atoms with E-state index in [1.807, 2.05) is 19.1 Å². The minimum absolute atomic E-state index is 0.101. The molecule has 0 radical (unpaired) electrons. The lowest BCUT2D eigenvalue weighted by Gasteiger charge is -2.22. The Labute approximate surface area is 102 Å². The number of aromatic nitrogens is 1. The number of aryl methyl sites for hydroxylation is 1. The van der Waals surface area contributed by atoms with Gasteiger partial charge in [-0.05, 0) is 50.9 Å². The van der Waals surface area contributed by atoms with Gasteiger partial charge in [0, 0.05) is 24.0 Å². The molecular weight excluding hydrogens is 214 g/mol. The number of pyridine rings is 1. The van der Waals surface area contributed by atoms with E-state index in [1.54, 1.807) is 6.20 Å². The summed E-state index contributed by atoms with van der Waals surface area (Å²) in [5, 5.41) is 6.25. The van der Waals surface area contributed by atoms with Crippen molar-refractivity contribution in [1.82, 2.24) is 10.3 Å². The molecule has 2 N–H and O–H groups in total. The second kappa shape index (κ2) is 5.77. The molecule has 0 bridgehead atoms. The van der Waals surface area contributed by atoms with Gasteiger partial charge in [-0.25, -0.2) is 0 Å². The Balaban J connectivity index is 1.84. The van der Waals surface area contributed by atoms with E-state index in [0.29, 0.717) is 12.3 Å². The first-order valence-corrected chi connectivity index (χ1v) is 6.17. The fourth-order valence-electron chi connectivity index (χ4n) is 2.20. The number of piperidine rings is 1. The quantitative estimate of drug-likeness (QED) is 0.835. The van der Waals surface area contributed by atoms with Crippen LogP contribution in [-0.4, -0.2) is 24.0 Å². The number of hydrogen-bond acceptors (Lipinski definition) is 3. The van der Waals surface area contributed by atoms with Crippen LogP contribution in [0.3, 0.4) is 0 Å². The van der Waals surface area contributed by atoms with Crippen LogP contribution in [0.15, 0.2) is 18.3 Å². The standard InChI is InChI=1S/C13H19N3O/c1-10-7-12(4-6-15-10)16-13(17)8-11-3-2-5-14-9-11/h4,6-7,11,14H,2-3,5,8-9H2,1H3,(H,15,16,17). The molecule has 1 fully saturated rings. The van der Waals surface area contributed by atoms with Crippen LogP contribution in [0.25, 0.3) is 0 Å². The number of anilines is 1. The van der Waals surface area contributed by atoms with E-state index < -0.39 is 0 Å². The van der Waals surface area contributed by atoms with Gasteiger partial charge in [0.05, 0.1) is 0 Å². The smallest absolute Gasteiger partial charge is 0.224 e. The summed E-state index contributed by atoms with van der Waals surface area (Å²) in [5.74, 6) is 0.580. The summed E-state index contributed by atoms with van der Waals surface area (Å²) in [5.41, 5.74) is 1.76. The minimum atomic E-state index is 0.101. The van der Waals surface area contributed by atoms with Crippen LogP contribution in [0.4, 0.5) is 5.69 Å². The van der Waals surface area contributed by atoms with Gasteiger partial charge in [0.15, 0.2) is 0 Å². The molecule has 1 aromatic heterocycles. The molecule has 1 aliphatic rings. The van der Waals surface area contributed by atoms with Crippen molar-refractivity contribution in [3.63, 3.8) is 0 Å². The predicted octanol–water partition coefficient (Wildman–Crippen LogP) is 1.72. The van der Waals surface area contributed by atoms with Gasteiger partial charge < -0.3 is 10.6 Å². The molecule has 0 spiro atoms. The van der Waals surface area contributed by atoms with Crippen LogP contribution in [0, 0.1) is 12.8 Å². The Morgan fingerprint density at radius 3 is 3.24 bits per heavy atom. The minimum Gasteiger partial charge on any atom is -0.326 e. The molecule has 1 unspecified atom stereocenters. The second-order valence-corrected chi connectivity index (χ2v) is 4.65. The highest BCUT2D eigenvalue weighted by Gasteiger charge is 2.16. The van der Waals surface area contributed by atoms with Crippen molar-refractivity contribution in [3.05, 3.63) is 24.0 Å². The summed E-state index contributed by atoms with van der Waals surface area (Å²) in [6, 6.07) is 3.71. The Hall–Kier alpha value is -1.42. The van der Waals surface area contributed by atoms with Crippen LogP contribution in [0.1, 0.15) is 25.0 Å². The first kappa shape index (κ1) is 12.0. The molecule has 4 nitrogen and oxygen atoms in total. The van der Waals surface area contributed by atoms with Gasteiger partial charge >= 0.3 is 0 Å². The van der Waals surface area contributed by atoms with Gasteiger partial charge in [-0.1, -0.05) is 0 Å². The Bertz CT molecular complexity index is 386. The average Bonchev–Trinajstić information content (AvgIpc) is 2.30. The lowest BCUT2D eigenvalue weighted by molar-refractivity contribution is -0.117. The Morgan fingerprint density at radius 1 is 1.65 bits per heavy atom. The number of nitrogens with zero attached hydrogens (tertiary/aromatic N) is 1. The SMILES string of the molecule is Cc1cc(NC(=O)CC2CCCNC2)ccn1. The van der Waals surface area contributed by atoms with Crippen LogP contribution in [-0.2, 0) is 4.79 Å². The van der Waals surface area contributed by atoms with Crippen molar-refractivity contribution in [3.8, 4) is 0 Å². The summed E-state index contributed by atoms with van der Waals surface area (Å²) in [4.78, 5) is 15.9. The number of carbonyl (C=O) groups excluding carboxylic acids is 1. The summed E-state index contributed by atoms with van der Waals surface area (Å²) >= 11 is 0. The summed E-state index contributed by atoms with van der Waals surface area (Å²) in [6.07, 6.45) is 4.64. The lowest BCUT2D eigenvalue weighted by atomic mass is 9.96. The first-order chi connectivity index (χ1) is 8.24. The molecule has 4 heteroatoms. The van der Waals surface area contributed by atoms with Crippen molar-refractivity contribution in [1.29, 1.82) is 0 Å². The topological polar surface area (TPSA) is 54.0 Å². The van der Waals surface area contributed by atoms with Gasteiger partial charge in [0.25, 0.3) is 0 Å². The van der Waals surface area contributed by atoms with Crippen LogP contribution in [0.5, 0.6) is 0 Å². The third-order valence-electron chi connectivity index (χ3n) is 3.05. The van der Waals surface area contributed by atoms with E-state index in [9.17, 15) is 4.79 Å². The number of carbonyl (C=O) groups is 1. The fraction of sp³-hybridized carbons (Fsp3) is 0.538. The van der Waals surface area contributed by atoms with E-state index in [-0.39, 0.29) is 5.91 Å². The fourth-order valence-corrected chi connectivity index (χ4v) is 2.20. The number of amides is 1. The van der Waals surface area contributed by atoms with Crippen molar-refractivity contribution in [2.45, 2.75) is 26.2 Å². The van der Waals surface area contributed by atoms with Gasteiger partial charge in [-0.2, -0.15) is 0 Å². The molecule has 17 heavy (non-hydrogen) atoms. The molecular formula is C13H19N3O. The molecule has 92 valence electrons. The molecule has 0 saturated carbocycles. The third-order valence-corrected chi connectivity index (χ3v) is 3.05. The highest BCUT2D eigenvalue weighted by Crippen LogP contribution is 2.15. The number of nitrogens with one attached hydrogen (secondary N) is 2. The maximum atomic E-state index is 11.8. The normalized spacial score (nSPS) is 19.9. The summed E-state index contributed by atoms with van der Waals surface area (Å²) in [7, 11) is 0. The summed E-state index contributed by atoms with van der Waals surface area (Å²) < 4.78 is 0. The van der Waals surface area contributed by atoms with E-state index in [1.165, 1.54) is 6.42 Å². The average molecular weight is 233 g/mol. The van der Waals surface area contributed by atoms with Crippen LogP contribution in [0.2, 0.25) is 0 Å². The highest BCUT2D eigenvalue weighted by atomic mass is 16.1. The molecule has 2 heterocycles. The monoisotopic (exact) mass is 233 g/mol. The molecule has 1 aliphatic heterocycles. The molecule has 1 atom stereocenters. The molecule has 0 aliphatic carbocycles. The molecule has 1 aromatic rings. The zero-order valence-electron chi connectivity index (χ0n) is 10.2. The number of hydrogen-bond donors (Lipinski definition) is 2. The van der Waals surface area contributed by atoms with E-state index in [0.717, 1.165) is 30.9 Å². The molecule has 1 amide bonds. The Kier molecular flexibility index (Phi) is 4.09.